The Morgan fingerprint density at radius 3 is 2.22 bits per heavy atom. The average molecular weight is 392 g/mol. The van der Waals surface area contributed by atoms with E-state index in [-0.39, 0.29) is 11.1 Å². The van der Waals surface area contributed by atoms with Crippen molar-refractivity contribution in [3.05, 3.63) is 94.4 Å². The number of nitrogens with zero attached hydrogens (tertiary/aromatic N) is 1. The normalized spacial score (nSPS) is 15.6. The molecular weight excluding hydrogens is 378 g/mol. The van der Waals surface area contributed by atoms with Gasteiger partial charge in [0.15, 0.2) is 0 Å². The van der Waals surface area contributed by atoms with Crippen LogP contribution in [-0.2, 0) is 4.79 Å². The Bertz CT molecular complexity index is 1050. The third-order valence-electron chi connectivity index (χ3n) is 4.18. The topological polar surface area (TPSA) is 37.4 Å². The number of carbonyl (C=O) groups excluding carboxylic acids is 2. The van der Waals surface area contributed by atoms with Crippen LogP contribution in [0.1, 0.15) is 5.56 Å². The second-order valence-electron chi connectivity index (χ2n) is 5.99. The predicted octanol–water partition coefficient (Wildman–Crippen LogP) is 6.25. The zero-order chi connectivity index (χ0) is 18.8. The summed E-state index contributed by atoms with van der Waals surface area (Å²) >= 11 is 6.91. The molecule has 0 aromatic heterocycles. The van der Waals surface area contributed by atoms with Gasteiger partial charge >= 0.3 is 0 Å². The minimum absolute atomic E-state index is 0.325. The number of rotatable bonds is 3. The molecule has 5 heteroatoms. The Morgan fingerprint density at radius 2 is 1.52 bits per heavy atom. The Kier molecular flexibility index (Phi) is 4.84. The molecule has 0 bridgehead atoms. The van der Waals surface area contributed by atoms with Gasteiger partial charge in [-0.2, -0.15) is 0 Å². The second-order valence-corrected chi connectivity index (χ2v) is 7.41. The fourth-order valence-electron chi connectivity index (χ4n) is 2.86. The number of thioether (sulfide) groups is 1. The van der Waals surface area contributed by atoms with Crippen molar-refractivity contribution in [3.8, 4) is 11.1 Å². The largest absolute Gasteiger partial charge is 0.298 e. The van der Waals surface area contributed by atoms with Crippen LogP contribution in [0.4, 0.5) is 10.5 Å². The Hall–Kier alpha value is -2.82. The van der Waals surface area contributed by atoms with Crippen LogP contribution in [0.25, 0.3) is 17.2 Å². The van der Waals surface area contributed by atoms with Crippen LogP contribution < -0.4 is 4.90 Å². The molecule has 1 aliphatic rings. The molecule has 0 atom stereocenters. The lowest BCUT2D eigenvalue weighted by molar-refractivity contribution is -0.113. The maximum Gasteiger partial charge on any atom is 0.298 e. The highest BCUT2D eigenvalue weighted by Gasteiger charge is 2.36. The summed E-state index contributed by atoms with van der Waals surface area (Å²) in [4.78, 5) is 26.6. The van der Waals surface area contributed by atoms with Crippen molar-refractivity contribution in [2.45, 2.75) is 0 Å². The molecule has 1 aliphatic heterocycles. The predicted molar refractivity (Wildman–Crippen MR) is 112 cm³/mol. The minimum atomic E-state index is -0.334. The molecule has 0 spiro atoms. The van der Waals surface area contributed by atoms with Crippen LogP contribution in [0.2, 0.25) is 5.02 Å². The molecule has 4 rings (SSSR count). The summed E-state index contributed by atoms with van der Waals surface area (Å²) < 4.78 is 0. The van der Waals surface area contributed by atoms with Crippen molar-refractivity contribution in [3.63, 3.8) is 0 Å². The van der Waals surface area contributed by atoms with Crippen LogP contribution in [0, 0.1) is 0 Å². The maximum absolute atomic E-state index is 12.7. The molecular formula is C22H14ClNO2S. The minimum Gasteiger partial charge on any atom is -0.268 e. The summed E-state index contributed by atoms with van der Waals surface area (Å²) in [6, 6.07) is 24.7. The fraction of sp³-hybridized carbons (Fsp3) is 0. The van der Waals surface area contributed by atoms with Gasteiger partial charge in [-0.3, -0.25) is 9.59 Å². The maximum atomic E-state index is 12.7. The van der Waals surface area contributed by atoms with Crippen molar-refractivity contribution in [2.24, 2.45) is 0 Å². The van der Waals surface area contributed by atoms with Gasteiger partial charge in [0.25, 0.3) is 11.1 Å². The van der Waals surface area contributed by atoms with Gasteiger partial charge in [-0.05, 0) is 52.7 Å². The van der Waals surface area contributed by atoms with Crippen molar-refractivity contribution < 1.29 is 9.59 Å². The number of anilines is 1. The molecule has 0 N–H and O–H groups in total. The highest BCUT2D eigenvalue weighted by molar-refractivity contribution is 8.19. The van der Waals surface area contributed by atoms with E-state index in [2.05, 4.69) is 0 Å². The second kappa shape index (κ2) is 7.43. The van der Waals surface area contributed by atoms with E-state index in [1.807, 2.05) is 54.6 Å². The fourth-order valence-corrected chi connectivity index (χ4v) is 3.89. The van der Waals surface area contributed by atoms with E-state index in [0.29, 0.717) is 15.6 Å². The summed E-state index contributed by atoms with van der Waals surface area (Å²) in [5.74, 6) is -0.334. The SMILES string of the molecule is O=C1S/C(=C/c2ccc(-c3ccccc3)cc2)C(=O)N1c1cccc(Cl)c1. The van der Waals surface area contributed by atoms with Gasteiger partial charge in [-0.15, -0.1) is 0 Å². The van der Waals surface area contributed by atoms with E-state index in [1.54, 1.807) is 30.3 Å². The smallest absolute Gasteiger partial charge is 0.268 e. The molecule has 27 heavy (non-hydrogen) atoms. The van der Waals surface area contributed by atoms with Gasteiger partial charge in [-0.1, -0.05) is 72.3 Å². The van der Waals surface area contributed by atoms with Gasteiger partial charge in [0, 0.05) is 5.02 Å². The summed E-state index contributed by atoms with van der Waals surface area (Å²) in [6.45, 7) is 0. The third-order valence-corrected chi connectivity index (χ3v) is 5.28. The van der Waals surface area contributed by atoms with E-state index in [1.165, 1.54) is 0 Å². The molecule has 2 amide bonds. The molecule has 3 aromatic carbocycles. The zero-order valence-corrected chi connectivity index (χ0v) is 15.7. The monoisotopic (exact) mass is 391 g/mol. The quantitative estimate of drug-likeness (QED) is 0.495. The molecule has 1 fully saturated rings. The lowest BCUT2D eigenvalue weighted by Crippen LogP contribution is -2.27. The van der Waals surface area contributed by atoms with E-state index in [9.17, 15) is 9.59 Å². The van der Waals surface area contributed by atoms with Crippen LogP contribution in [0.3, 0.4) is 0 Å². The van der Waals surface area contributed by atoms with Crippen molar-refractivity contribution >= 4 is 46.3 Å². The van der Waals surface area contributed by atoms with E-state index >= 15 is 0 Å². The molecule has 3 aromatic rings. The van der Waals surface area contributed by atoms with Crippen LogP contribution in [0.5, 0.6) is 0 Å². The van der Waals surface area contributed by atoms with Gasteiger partial charge in [0.2, 0.25) is 0 Å². The summed E-state index contributed by atoms with van der Waals surface area (Å²) in [5, 5.41) is 0.154. The van der Waals surface area contributed by atoms with E-state index in [0.717, 1.165) is 33.4 Å². The van der Waals surface area contributed by atoms with Gasteiger partial charge in [-0.25, -0.2) is 4.90 Å². The lowest BCUT2D eigenvalue weighted by atomic mass is 10.0. The number of imide groups is 1. The molecule has 132 valence electrons. The first-order valence-electron chi connectivity index (χ1n) is 8.31. The standard InChI is InChI=1S/C22H14ClNO2S/c23-18-7-4-8-19(14-18)24-21(25)20(27-22(24)26)13-15-9-11-17(12-10-15)16-5-2-1-3-6-16/h1-14H/b20-13+. The Labute approximate surface area is 166 Å². The summed E-state index contributed by atoms with van der Waals surface area (Å²) in [7, 11) is 0. The van der Waals surface area contributed by atoms with E-state index < -0.39 is 0 Å². The first-order chi connectivity index (χ1) is 13.1. The van der Waals surface area contributed by atoms with Crippen molar-refractivity contribution in [1.82, 2.24) is 0 Å². The number of hydrogen-bond acceptors (Lipinski definition) is 3. The summed E-state index contributed by atoms with van der Waals surface area (Å²) in [5.41, 5.74) is 3.57. The summed E-state index contributed by atoms with van der Waals surface area (Å²) in [6.07, 6.45) is 1.74. The van der Waals surface area contributed by atoms with Gasteiger partial charge in [0.05, 0.1) is 10.6 Å². The van der Waals surface area contributed by atoms with Crippen LogP contribution >= 0.6 is 23.4 Å². The van der Waals surface area contributed by atoms with Crippen LogP contribution in [-0.4, -0.2) is 11.1 Å². The lowest BCUT2D eigenvalue weighted by Gasteiger charge is -2.12. The number of amides is 2. The molecule has 0 saturated carbocycles. The highest BCUT2D eigenvalue weighted by atomic mass is 35.5. The average Bonchev–Trinajstić information content (AvgIpc) is 2.96. The zero-order valence-electron chi connectivity index (χ0n) is 14.1. The number of halogens is 1. The van der Waals surface area contributed by atoms with Crippen molar-refractivity contribution in [1.29, 1.82) is 0 Å². The number of hydrogen-bond donors (Lipinski definition) is 0. The van der Waals surface area contributed by atoms with Crippen molar-refractivity contribution in [2.75, 3.05) is 4.90 Å². The molecule has 0 unspecified atom stereocenters. The first-order valence-corrected chi connectivity index (χ1v) is 9.50. The Balaban J connectivity index is 1.59. The third kappa shape index (κ3) is 3.68. The molecule has 0 radical (unpaired) electrons. The highest BCUT2D eigenvalue weighted by Crippen LogP contribution is 2.36. The number of carbonyl (C=O) groups is 2. The first kappa shape index (κ1) is 17.6. The van der Waals surface area contributed by atoms with Gasteiger partial charge in [0.1, 0.15) is 0 Å². The molecule has 0 aliphatic carbocycles. The number of benzene rings is 3. The molecule has 3 nitrogen and oxygen atoms in total. The molecule has 1 saturated heterocycles. The molecule has 1 heterocycles. The Morgan fingerprint density at radius 1 is 0.815 bits per heavy atom. The van der Waals surface area contributed by atoms with E-state index in [4.69, 9.17) is 11.6 Å². The van der Waals surface area contributed by atoms with Gasteiger partial charge < -0.3 is 0 Å². The van der Waals surface area contributed by atoms with Crippen LogP contribution in [0.15, 0.2) is 83.8 Å².